The van der Waals surface area contributed by atoms with Gasteiger partial charge in [0.25, 0.3) is 0 Å². The van der Waals surface area contributed by atoms with Gasteiger partial charge in [-0.3, -0.25) is 15.1 Å². The van der Waals surface area contributed by atoms with Crippen LogP contribution in [0.5, 0.6) is 0 Å². The normalized spacial score (nSPS) is 10.7. The molecule has 2 heterocycles. The second-order valence-electron chi connectivity index (χ2n) is 6.61. The quantitative estimate of drug-likeness (QED) is 0.353. The first-order valence-corrected chi connectivity index (χ1v) is 9.12. The third kappa shape index (κ3) is 4.00. The second kappa shape index (κ2) is 8.08. The minimum atomic E-state index is -0.539. The summed E-state index contributed by atoms with van der Waals surface area (Å²) in [4.78, 5) is 23.8. The van der Waals surface area contributed by atoms with Gasteiger partial charge < -0.3 is 10.6 Å². The molecule has 150 valence electrons. The van der Waals surface area contributed by atoms with Gasteiger partial charge >= 0.3 is 5.69 Å². The topological polar surface area (TPSA) is 106 Å². The molecule has 2 aromatic carbocycles. The molecule has 4 aromatic rings. The lowest BCUT2D eigenvalue weighted by Crippen LogP contribution is -2.08. The number of hydrogen-bond acceptors (Lipinski definition) is 7. The molecule has 2 aromatic heterocycles. The Morgan fingerprint density at radius 3 is 2.57 bits per heavy atom. The molecule has 0 spiro atoms. The summed E-state index contributed by atoms with van der Waals surface area (Å²) in [6.07, 6.45) is 1.25. The van der Waals surface area contributed by atoms with Crippen molar-refractivity contribution in [1.29, 1.82) is 0 Å². The highest BCUT2D eigenvalue weighted by Gasteiger charge is 2.23. The van der Waals surface area contributed by atoms with Gasteiger partial charge in [0.1, 0.15) is 12.1 Å². The van der Waals surface area contributed by atoms with E-state index in [0.29, 0.717) is 5.69 Å². The lowest BCUT2D eigenvalue weighted by atomic mass is 10.1. The summed E-state index contributed by atoms with van der Waals surface area (Å²) in [6, 6.07) is 15.1. The molecule has 0 saturated heterocycles. The van der Waals surface area contributed by atoms with Crippen molar-refractivity contribution in [3.05, 3.63) is 88.1 Å². The lowest BCUT2D eigenvalue weighted by molar-refractivity contribution is -0.383. The molecule has 0 unspecified atom stereocenters. The molecule has 0 atom stereocenters. The Balaban J connectivity index is 1.66. The average Bonchev–Trinajstić information content (AvgIpc) is 2.73. The maximum atomic E-state index is 13.1. The van der Waals surface area contributed by atoms with Crippen LogP contribution < -0.4 is 10.6 Å². The maximum Gasteiger partial charge on any atom is 0.353 e. The maximum absolute atomic E-state index is 13.1. The predicted molar refractivity (Wildman–Crippen MR) is 112 cm³/mol. The number of nitrogens with zero attached hydrogens (tertiary/aromatic N) is 4. The molecule has 0 amide bonds. The van der Waals surface area contributed by atoms with Crippen LogP contribution in [0.3, 0.4) is 0 Å². The highest BCUT2D eigenvalue weighted by Crippen LogP contribution is 2.33. The minimum absolute atomic E-state index is 0.0599. The average molecular weight is 404 g/mol. The molecule has 9 heteroatoms. The third-order valence-electron chi connectivity index (χ3n) is 4.50. The van der Waals surface area contributed by atoms with E-state index < -0.39 is 4.92 Å². The van der Waals surface area contributed by atoms with E-state index in [4.69, 9.17) is 0 Å². The fourth-order valence-corrected chi connectivity index (χ4v) is 3.05. The summed E-state index contributed by atoms with van der Waals surface area (Å²) < 4.78 is 13.1. The lowest BCUT2D eigenvalue weighted by Gasteiger charge is -2.12. The number of aromatic nitrogens is 3. The fourth-order valence-electron chi connectivity index (χ4n) is 3.05. The van der Waals surface area contributed by atoms with Gasteiger partial charge in [-0.25, -0.2) is 14.4 Å². The molecule has 0 saturated carbocycles. The zero-order valence-electron chi connectivity index (χ0n) is 16.0. The van der Waals surface area contributed by atoms with Crippen LogP contribution in [-0.2, 0) is 6.54 Å². The van der Waals surface area contributed by atoms with Gasteiger partial charge in [0, 0.05) is 23.3 Å². The van der Waals surface area contributed by atoms with Crippen LogP contribution in [0.4, 0.5) is 27.4 Å². The molecular formula is C21H17FN6O2. The number of aryl methyl sites for hydroxylation is 1. The minimum Gasteiger partial charge on any atom is -0.360 e. The Morgan fingerprint density at radius 1 is 1.03 bits per heavy atom. The van der Waals surface area contributed by atoms with Gasteiger partial charge in [0.2, 0.25) is 11.6 Å². The zero-order valence-corrected chi connectivity index (χ0v) is 16.0. The zero-order chi connectivity index (χ0) is 21.1. The Labute approximate surface area is 171 Å². The molecule has 0 radical (unpaired) electrons. The summed E-state index contributed by atoms with van der Waals surface area (Å²) >= 11 is 0. The molecule has 0 aliphatic carbocycles. The number of rotatable bonds is 6. The van der Waals surface area contributed by atoms with Crippen molar-refractivity contribution in [3.8, 4) is 0 Å². The highest BCUT2D eigenvalue weighted by atomic mass is 19.1. The van der Waals surface area contributed by atoms with Crippen molar-refractivity contribution in [3.63, 3.8) is 0 Å². The Morgan fingerprint density at radius 2 is 1.80 bits per heavy atom. The van der Waals surface area contributed by atoms with Gasteiger partial charge in [-0.1, -0.05) is 18.2 Å². The molecule has 2 N–H and O–H groups in total. The molecule has 0 aliphatic heterocycles. The summed E-state index contributed by atoms with van der Waals surface area (Å²) in [6.45, 7) is 2.14. The van der Waals surface area contributed by atoms with Gasteiger partial charge in [0.15, 0.2) is 0 Å². The van der Waals surface area contributed by atoms with Crippen molar-refractivity contribution in [2.45, 2.75) is 13.5 Å². The summed E-state index contributed by atoms with van der Waals surface area (Å²) in [5.74, 6) is -0.223. The van der Waals surface area contributed by atoms with E-state index in [1.54, 1.807) is 18.2 Å². The Kier molecular flexibility index (Phi) is 5.17. The third-order valence-corrected chi connectivity index (χ3v) is 4.50. The molecular weight excluding hydrogens is 387 g/mol. The highest BCUT2D eigenvalue weighted by molar-refractivity contribution is 5.94. The predicted octanol–water partition coefficient (Wildman–Crippen LogP) is 4.74. The summed E-state index contributed by atoms with van der Waals surface area (Å²) in [5, 5.41) is 18.6. The first kappa shape index (κ1) is 19.2. The molecule has 0 fully saturated rings. The first-order chi connectivity index (χ1) is 14.5. The summed E-state index contributed by atoms with van der Waals surface area (Å²) in [5.41, 5.74) is 2.77. The van der Waals surface area contributed by atoms with Crippen LogP contribution >= 0.6 is 0 Å². The van der Waals surface area contributed by atoms with Crippen LogP contribution in [-0.4, -0.2) is 19.9 Å². The van der Waals surface area contributed by atoms with Crippen molar-refractivity contribution < 1.29 is 9.31 Å². The van der Waals surface area contributed by atoms with Crippen LogP contribution in [0.1, 0.15) is 11.3 Å². The SMILES string of the molecule is Cc1ccc2c(Nc3ncnc(NCc4ccc(F)cc4)c3[N+](=O)[O-])cccc2n1. The van der Waals surface area contributed by atoms with Crippen LogP contribution in [0.2, 0.25) is 0 Å². The largest absolute Gasteiger partial charge is 0.360 e. The molecule has 30 heavy (non-hydrogen) atoms. The second-order valence-corrected chi connectivity index (χ2v) is 6.61. The number of nitrogens with one attached hydrogen (secondary N) is 2. The van der Waals surface area contributed by atoms with Gasteiger partial charge in [0.05, 0.1) is 10.4 Å². The number of halogens is 1. The van der Waals surface area contributed by atoms with Gasteiger partial charge in [-0.05, 0) is 48.9 Å². The van der Waals surface area contributed by atoms with Crippen LogP contribution in [0, 0.1) is 22.9 Å². The van der Waals surface area contributed by atoms with E-state index in [0.717, 1.165) is 22.2 Å². The number of anilines is 3. The number of nitro groups is 1. The van der Waals surface area contributed by atoms with Crippen molar-refractivity contribution in [2.24, 2.45) is 0 Å². The smallest absolute Gasteiger partial charge is 0.353 e. The Hall–Kier alpha value is -4.14. The molecule has 0 aliphatic rings. The van der Waals surface area contributed by atoms with Crippen molar-refractivity contribution in [1.82, 2.24) is 15.0 Å². The van der Waals surface area contributed by atoms with E-state index in [-0.39, 0.29) is 29.7 Å². The molecule has 4 rings (SSSR count). The first-order valence-electron chi connectivity index (χ1n) is 9.12. The van der Waals surface area contributed by atoms with E-state index in [2.05, 4.69) is 25.6 Å². The van der Waals surface area contributed by atoms with E-state index in [9.17, 15) is 14.5 Å². The van der Waals surface area contributed by atoms with E-state index in [1.165, 1.54) is 18.5 Å². The van der Waals surface area contributed by atoms with Crippen molar-refractivity contribution >= 4 is 33.9 Å². The number of pyridine rings is 1. The van der Waals surface area contributed by atoms with Crippen molar-refractivity contribution in [2.75, 3.05) is 10.6 Å². The van der Waals surface area contributed by atoms with Gasteiger partial charge in [-0.2, -0.15) is 0 Å². The fraction of sp³-hybridized carbons (Fsp3) is 0.0952. The number of hydrogen-bond donors (Lipinski definition) is 2. The molecule has 8 nitrogen and oxygen atoms in total. The summed E-state index contributed by atoms with van der Waals surface area (Å²) in [7, 11) is 0. The van der Waals surface area contributed by atoms with Crippen LogP contribution in [0.25, 0.3) is 10.9 Å². The van der Waals surface area contributed by atoms with E-state index >= 15 is 0 Å². The Bertz CT molecular complexity index is 1230. The van der Waals surface area contributed by atoms with Gasteiger partial charge in [-0.15, -0.1) is 0 Å². The number of fused-ring (bicyclic) bond motifs is 1. The van der Waals surface area contributed by atoms with Crippen LogP contribution in [0.15, 0.2) is 60.9 Å². The number of benzene rings is 2. The standard InChI is InChI=1S/C21H17FN6O2/c1-13-5-10-16-17(26-13)3-2-4-18(16)27-21-19(28(29)30)20(24-12-25-21)23-11-14-6-8-15(22)9-7-14/h2-10,12H,11H2,1H3,(H2,23,24,25,27). The monoisotopic (exact) mass is 404 g/mol. The van der Waals surface area contributed by atoms with E-state index in [1.807, 2.05) is 31.2 Å². The molecule has 0 bridgehead atoms.